The summed E-state index contributed by atoms with van der Waals surface area (Å²) in [7, 11) is 3.15. The summed E-state index contributed by atoms with van der Waals surface area (Å²) in [6.45, 7) is 5.53. The first kappa shape index (κ1) is 40.8. The van der Waals surface area contributed by atoms with E-state index < -0.39 is 12.0 Å². The molecule has 0 unspecified atom stereocenters. The average molecular weight is 775 g/mol. The van der Waals surface area contributed by atoms with Crippen LogP contribution in [0.1, 0.15) is 113 Å². The second-order valence-corrected chi connectivity index (χ2v) is 11.9. The van der Waals surface area contributed by atoms with Crippen molar-refractivity contribution in [3.63, 3.8) is 0 Å². The first-order valence-corrected chi connectivity index (χ1v) is 17.4. The number of amides is 2. The average Bonchev–Trinajstić information content (AvgIpc) is 3.11. The Kier molecular flexibility index (Phi) is 20.3. The zero-order valence-corrected chi connectivity index (χ0v) is 31.5. The van der Waals surface area contributed by atoms with Crippen molar-refractivity contribution in [3.8, 4) is 17.2 Å². The van der Waals surface area contributed by atoms with Crippen LogP contribution in [0.25, 0.3) is 0 Å². The molecule has 0 spiro atoms. The maximum absolute atomic E-state index is 13.5. The lowest BCUT2D eigenvalue weighted by Gasteiger charge is -2.20. The van der Waals surface area contributed by atoms with Gasteiger partial charge in [0.2, 0.25) is 11.4 Å². The number of aromatic nitrogens is 1. The van der Waals surface area contributed by atoms with Crippen LogP contribution in [-0.2, 0) is 24.4 Å². The van der Waals surface area contributed by atoms with E-state index in [0.29, 0.717) is 41.5 Å². The molecule has 48 heavy (non-hydrogen) atoms. The fraction of sp³-hybridized carbons (Fsp3) is 0.513. The quantitative estimate of drug-likeness (QED) is 0.0701. The third kappa shape index (κ3) is 13.6. The monoisotopic (exact) mass is 774 g/mol. The van der Waals surface area contributed by atoms with Gasteiger partial charge in [0.1, 0.15) is 19.7 Å². The van der Waals surface area contributed by atoms with Gasteiger partial charge in [-0.25, -0.2) is 14.3 Å². The Morgan fingerprint density at radius 2 is 1.29 bits per heavy atom. The van der Waals surface area contributed by atoms with Crippen LogP contribution in [0.4, 0.5) is 4.79 Å². The first-order chi connectivity index (χ1) is 23.0. The van der Waals surface area contributed by atoms with Gasteiger partial charge in [-0.05, 0) is 43.2 Å². The number of ether oxygens (including phenoxy) is 4. The zero-order valence-electron chi connectivity index (χ0n) is 29.4. The van der Waals surface area contributed by atoms with Gasteiger partial charge in [-0.3, -0.25) is 4.79 Å². The highest BCUT2D eigenvalue weighted by atomic mass is 127. The number of nitrogens with zero attached hydrogens (tertiary/aromatic N) is 2. The fourth-order valence-corrected chi connectivity index (χ4v) is 5.58. The Morgan fingerprint density at radius 3 is 1.85 bits per heavy atom. The van der Waals surface area contributed by atoms with Gasteiger partial charge in [-0.15, -0.1) is 0 Å². The van der Waals surface area contributed by atoms with E-state index in [1.54, 1.807) is 50.6 Å². The Bertz CT molecular complexity index is 1330. The largest absolute Gasteiger partial charge is 1.00 e. The fourth-order valence-electron chi connectivity index (χ4n) is 5.58. The Hall–Kier alpha value is -3.34. The van der Waals surface area contributed by atoms with E-state index in [-0.39, 0.29) is 37.1 Å². The number of benzene rings is 2. The highest BCUT2D eigenvalue weighted by Gasteiger charge is 2.28. The summed E-state index contributed by atoms with van der Waals surface area (Å²) in [5.41, 5.74) is 1.87. The molecule has 2 amide bonds. The minimum absolute atomic E-state index is 0. The topological polar surface area (TPSA) is 78.2 Å². The van der Waals surface area contributed by atoms with E-state index in [0.717, 1.165) is 23.4 Å². The molecule has 9 heteroatoms. The predicted molar refractivity (Wildman–Crippen MR) is 185 cm³/mol. The van der Waals surface area contributed by atoms with Crippen molar-refractivity contribution in [2.24, 2.45) is 0 Å². The summed E-state index contributed by atoms with van der Waals surface area (Å²) in [6, 6.07) is 18.0. The van der Waals surface area contributed by atoms with E-state index in [1.807, 2.05) is 42.0 Å². The van der Waals surface area contributed by atoms with Gasteiger partial charge in [-0.1, -0.05) is 102 Å². The lowest BCUT2D eigenvalue weighted by Crippen LogP contribution is -3.00. The summed E-state index contributed by atoms with van der Waals surface area (Å²) < 4.78 is 25.1. The third-order valence-electron chi connectivity index (χ3n) is 8.31. The van der Waals surface area contributed by atoms with Gasteiger partial charge in [-0.2, -0.15) is 0 Å². The van der Waals surface area contributed by atoms with Gasteiger partial charge in [0.15, 0.2) is 17.7 Å². The van der Waals surface area contributed by atoms with Crippen LogP contribution in [-0.4, -0.2) is 37.7 Å². The molecule has 1 heterocycles. The van der Waals surface area contributed by atoms with Gasteiger partial charge in [0.25, 0.3) is 5.91 Å². The van der Waals surface area contributed by atoms with Crippen LogP contribution in [0.3, 0.4) is 0 Å². The molecule has 1 aromatic heterocycles. The molecule has 0 bridgehead atoms. The van der Waals surface area contributed by atoms with Gasteiger partial charge in [0.05, 0.1) is 20.8 Å². The van der Waals surface area contributed by atoms with Crippen molar-refractivity contribution in [1.29, 1.82) is 0 Å². The number of unbranched alkanes of at least 4 members (excludes halogenated alkanes) is 11. The Labute approximate surface area is 305 Å². The predicted octanol–water partition coefficient (Wildman–Crippen LogP) is 6.07. The van der Waals surface area contributed by atoms with Gasteiger partial charge in [0, 0.05) is 17.7 Å². The Morgan fingerprint density at radius 1 is 0.729 bits per heavy atom. The van der Waals surface area contributed by atoms with Gasteiger partial charge < -0.3 is 42.9 Å². The maximum atomic E-state index is 13.5. The number of methoxy groups -OCH3 is 2. The van der Waals surface area contributed by atoms with E-state index in [9.17, 15) is 9.59 Å². The number of hydrogen-bond acceptors (Lipinski definition) is 6. The highest BCUT2D eigenvalue weighted by Crippen LogP contribution is 2.39. The summed E-state index contributed by atoms with van der Waals surface area (Å²) in [4.78, 5) is 28.1. The molecule has 0 aliphatic heterocycles. The molecule has 0 radical (unpaired) electrons. The molecular weight excluding hydrogens is 719 g/mol. The smallest absolute Gasteiger partial charge is 0.417 e. The number of aryl methyl sites for hydroxylation is 1. The third-order valence-corrected chi connectivity index (χ3v) is 8.31. The van der Waals surface area contributed by atoms with Crippen LogP contribution in [0.15, 0.2) is 66.9 Å². The number of pyridine rings is 1. The molecule has 0 aliphatic rings. The molecule has 0 atom stereocenters. The number of imide groups is 1. The molecule has 0 aliphatic carbocycles. The van der Waals surface area contributed by atoms with Crippen molar-refractivity contribution in [3.05, 3.63) is 83.7 Å². The molecule has 3 rings (SSSR count). The molecule has 3 aromatic rings. The molecule has 0 saturated carbocycles. The van der Waals surface area contributed by atoms with Crippen LogP contribution in [0, 0.1) is 0 Å². The highest BCUT2D eigenvalue weighted by molar-refractivity contribution is 6.02. The number of carbonyl (C=O) groups is 2. The van der Waals surface area contributed by atoms with Crippen LogP contribution < -0.4 is 42.8 Å². The summed E-state index contributed by atoms with van der Waals surface area (Å²) in [5, 5.41) is 0. The van der Waals surface area contributed by atoms with Gasteiger partial charge >= 0.3 is 6.09 Å². The molecule has 8 nitrogen and oxygen atoms in total. The van der Waals surface area contributed by atoms with E-state index in [2.05, 4.69) is 6.92 Å². The van der Waals surface area contributed by atoms with Crippen molar-refractivity contribution in [1.82, 2.24) is 4.90 Å². The molecule has 0 fully saturated rings. The van der Waals surface area contributed by atoms with E-state index in [4.69, 9.17) is 18.9 Å². The first-order valence-electron chi connectivity index (χ1n) is 17.4. The van der Waals surface area contributed by atoms with Crippen molar-refractivity contribution < 1.29 is 57.1 Å². The molecular formula is C39H55IN2O6. The summed E-state index contributed by atoms with van der Waals surface area (Å²) in [6.07, 6.45) is 16.6. The van der Waals surface area contributed by atoms with Crippen LogP contribution in [0.2, 0.25) is 0 Å². The number of hydrogen-bond donors (Lipinski definition) is 0. The maximum Gasteiger partial charge on any atom is 0.417 e. The number of halogens is 1. The van der Waals surface area contributed by atoms with Crippen molar-refractivity contribution in [2.75, 3.05) is 20.8 Å². The SMILES string of the molecule is CCCCCCCCCCCCCCOc1c(OC)cc(COC(=O)N(Cc2cccc[n+]2CC)C(=O)c2ccccc2)cc1OC.[I-]. The standard InChI is InChI=1S/C39H55N2O6.HI/c1-5-7-8-9-10-11-12-13-14-15-16-22-27-46-37-35(44-3)28-32(29-36(37)45-4)31-47-39(43)41(38(42)33-23-18-17-19-24-33)30-34-25-20-21-26-40(34)6-2;/h17-21,23-26,28-29H,5-16,22,27,30-31H2,1-4H3;1H/q+1;/p-1. The molecule has 0 N–H and O–H groups in total. The van der Waals surface area contributed by atoms with Crippen LogP contribution >= 0.6 is 0 Å². The van der Waals surface area contributed by atoms with Crippen LogP contribution in [0.5, 0.6) is 17.2 Å². The second kappa shape index (κ2) is 23.9. The molecule has 264 valence electrons. The number of rotatable bonds is 22. The van der Waals surface area contributed by atoms with Crippen molar-refractivity contribution >= 4 is 12.0 Å². The lowest BCUT2D eigenvalue weighted by atomic mass is 10.1. The minimum atomic E-state index is -0.740. The summed E-state index contributed by atoms with van der Waals surface area (Å²) >= 11 is 0. The normalized spacial score (nSPS) is 10.6. The summed E-state index contributed by atoms with van der Waals surface area (Å²) in [5.74, 6) is 1.10. The van der Waals surface area contributed by atoms with E-state index in [1.165, 1.54) is 64.2 Å². The minimum Gasteiger partial charge on any atom is -1.00 e. The lowest BCUT2D eigenvalue weighted by molar-refractivity contribution is -0.701. The molecule has 0 saturated heterocycles. The van der Waals surface area contributed by atoms with E-state index >= 15 is 0 Å². The Balaban J connectivity index is 0.00000800. The van der Waals surface area contributed by atoms with Crippen molar-refractivity contribution in [2.45, 2.75) is 111 Å². The zero-order chi connectivity index (χ0) is 33.7. The second-order valence-electron chi connectivity index (χ2n) is 11.9. The number of carbonyl (C=O) groups excluding carboxylic acids is 2. The molecule has 2 aromatic carbocycles.